The largest absolute Gasteiger partial charge is 0.662 e. The van der Waals surface area contributed by atoms with Crippen LogP contribution >= 0.6 is 0 Å². The number of ether oxygens (including phenoxy) is 1. The third kappa shape index (κ3) is 3.85. The lowest BCUT2D eigenvalue weighted by Gasteiger charge is -2.15. The molecule has 0 aromatic rings. The maximum absolute atomic E-state index is 8.50. The Morgan fingerprint density at radius 2 is 1.92 bits per heavy atom. The van der Waals surface area contributed by atoms with Gasteiger partial charge in [-0.25, -0.2) is 9.69 Å². The molecule has 0 aromatic carbocycles. The van der Waals surface area contributed by atoms with E-state index in [1.54, 1.807) is 0 Å². The molecule has 0 rings (SSSR count). The van der Waals surface area contributed by atoms with Crippen molar-refractivity contribution in [2.45, 2.75) is 5.60 Å². The van der Waals surface area contributed by atoms with Crippen molar-refractivity contribution >= 4 is 7.32 Å². The van der Waals surface area contributed by atoms with Crippen molar-refractivity contribution in [1.29, 1.82) is 10.5 Å². The third-order valence-electron chi connectivity index (χ3n) is 0.985. The minimum Gasteiger partial charge on any atom is -0.400 e. The molecule has 13 heavy (non-hydrogen) atoms. The number of nitriles is 2. The van der Waals surface area contributed by atoms with Gasteiger partial charge in [0.15, 0.2) is 0 Å². The highest BCUT2D eigenvalue weighted by Crippen LogP contribution is 2.09. The summed E-state index contributed by atoms with van der Waals surface area (Å²) in [4.78, 5) is 8.01. The van der Waals surface area contributed by atoms with E-state index in [-0.39, 0.29) is 6.61 Å². The number of methoxy groups -OCH3 is 1. The van der Waals surface area contributed by atoms with E-state index in [0.717, 1.165) is 0 Å². The molecule has 8 heteroatoms. The summed E-state index contributed by atoms with van der Waals surface area (Å²) in [6.07, 6.45) is 0. The van der Waals surface area contributed by atoms with Crippen LogP contribution in [0.15, 0.2) is 0 Å². The second kappa shape index (κ2) is 5.48. The van der Waals surface area contributed by atoms with Gasteiger partial charge in [0.2, 0.25) is 0 Å². The minimum atomic E-state index is -2.21. The van der Waals surface area contributed by atoms with Gasteiger partial charge in [-0.15, -0.1) is 0 Å². The first-order valence-corrected chi connectivity index (χ1v) is 3.12. The first-order chi connectivity index (χ1) is 6.10. The number of nitrogens with zero attached hydrogens (tertiary/aromatic N) is 2. The lowest BCUT2D eigenvalue weighted by Crippen LogP contribution is -2.37. The molecule has 0 unspecified atom stereocenters. The third-order valence-corrected chi connectivity index (χ3v) is 0.985. The molecule has 7 nitrogen and oxygen atoms in total. The normalized spacial score (nSPS) is 10.2. The average molecular weight is 186 g/mol. The Hall–Kier alpha value is -1.16. The van der Waals surface area contributed by atoms with E-state index in [9.17, 15) is 0 Å². The molecule has 0 aliphatic carbocycles. The Labute approximate surface area is 74.8 Å². The molecule has 0 saturated carbocycles. The van der Waals surface area contributed by atoms with E-state index >= 15 is 0 Å². The Kier molecular flexibility index (Phi) is 5.00. The highest BCUT2D eigenvalue weighted by molar-refractivity contribution is 6.32. The first-order valence-electron chi connectivity index (χ1n) is 3.12. The van der Waals surface area contributed by atoms with Crippen LogP contribution in [0.2, 0.25) is 0 Å². The fourth-order valence-corrected chi connectivity index (χ4v) is 0.479. The molecule has 0 saturated heterocycles. The van der Waals surface area contributed by atoms with Crippen LogP contribution in [0.25, 0.3) is 0 Å². The summed E-state index contributed by atoms with van der Waals surface area (Å²) >= 11 is 0. The zero-order chi connectivity index (χ0) is 10.3. The van der Waals surface area contributed by atoms with Gasteiger partial charge >= 0.3 is 7.32 Å². The summed E-state index contributed by atoms with van der Waals surface area (Å²) in [5, 5.41) is 33.4. The van der Waals surface area contributed by atoms with Crippen molar-refractivity contribution < 1.29 is 24.5 Å². The molecule has 0 spiro atoms. The topological polar surface area (TPSA) is 116 Å². The monoisotopic (exact) mass is 186 g/mol. The fraction of sp³-hybridized carbons (Fsp3) is 0.600. The van der Waals surface area contributed by atoms with Crippen LogP contribution in [-0.4, -0.2) is 36.7 Å². The fourth-order valence-electron chi connectivity index (χ4n) is 0.479. The summed E-state index contributed by atoms with van der Waals surface area (Å²) < 4.78 is 4.51. The van der Waals surface area contributed by atoms with Crippen LogP contribution in [0.1, 0.15) is 0 Å². The van der Waals surface area contributed by atoms with Gasteiger partial charge in [0.05, 0.1) is 0 Å². The zero-order valence-corrected chi connectivity index (χ0v) is 6.80. The molecule has 0 bridgehead atoms. The van der Waals surface area contributed by atoms with Crippen molar-refractivity contribution in [1.82, 2.24) is 0 Å². The summed E-state index contributed by atoms with van der Waals surface area (Å²) in [5.74, 6) is 0. The Bertz CT molecular complexity index is 218. The Balaban J connectivity index is 4.26. The lowest BCUT2D eigenvalue weighted by molar-refractivity contribution is -0.286. The SMILES string of the molecule is COCC(C#N)(C#N)OOB(O)O. The first kappa shape index (κ1) is 11.8. The van der Waals surface area contributed by atoms with Crippen LogP contribution in [0.5, 0.6) is 0 Å². The van der Waals surface area contributed by atoms with Crippen LogP contribution in [0.4, 0.5) is 0 Å². The molecule has 0 aliphatic heterocycles. The molecule has 0 amide bonds. The Morgan fingerprint density at radius 3 is 2.23 bits per heavy atom. The van der Waals surface area contributed by atoms with Gasteiger partial charge in [-0.05, 0) is 0 Å². The molecule has 70 valence electrons. The smallest absolute Gasteiger partial charge is 0.400 e. The van der Waals surface area contributed by atoms with E-state index in [0.29, 0.717) is 0 Å². The van der Waals surface area contributed by atoms with Crippen LogP contribution in [0, 0.1) is 22.7 Å². The van der Waals surface area contributed by atoms with Gasteiger partial charge in [0, 0.05) is 7.11 Å². The number of rotatable bonds is 5. The Morgan fingerprint density at radius 1 is 1.38 bits per heavy atom. The van der Waals surface area contributed by atoms with E-state index in [1.807, 2.05) is 0 Å². The van der Waals surface area contributed by atoms with Crippen molar-refractivity contribution in [2.75, 3.05) is 13.7 Å². The summed E-state index contributed by atoms with van der Waals surface area (Å²) in [6.45, 7) is -0.368. The van der Waals surface area contributed by atoms with E-state index in [1.165, 1.54) is 19.2 Å². The van der Waals surface area contributed by atoms with Crippen molar-refractivity contribution in [3.63, 3.8) is 0 Å². The molecule has 0 radical (unpaired) electrons. The second-order valence-electron chi connectivity index (χ2n) is 1.99. The van der Waals surface area contributed by atoms with E-state index in [4.69, 9.17) is 20.6 Å². The van der Waals surface area contributed by atoms with Crippen molar-refractivity contribution in [2.24, 2.45) is 0 Å². The molecule has 0 atom stereocenters. The number of hydrogen-bond acceptors (Lipinski definition) is 7. The quantitative estimate of drug-likeness (QED) is 0.299. The van der Waals surface area contributed by atoms with E-state index in [2.05, 4.69) is 14.4 Å². The summed E-state index contributed by atoms with van der Waals surface area (Å²) in [5.41, 5.74) is -1.99. The highest BCUT2D eigenvalue weighted by atomic mass is 17.2. The predicted molar refractivity (Wildman–Crippen MR) is 38.2 cm³/mol. The lowest BCUT2D eigenvalue weighted by atomic mass is 10.1. The average Bonchev–Trinajstić information content (AvgIpc) is 2.12. The van der Waals surface area contributed by atoms with Crippen molar-refractivity contribution in [3.05, 3.63) is 0 Å². The van der Waals surface area contributed by atoms with Gasteiger partial charge in [0.25, 0.3) is 5.60 Å². The standard InChI is InChI=1S/C5H7BN2O5/c1-11-4-5(2-7,3-8)12-13-6(9)10/h9-10H,4H2,1H3. The predicted octanol–water partition coefficient (Wildman–Crippen LogP) is -1.66. The molecule has 0 fully saturated rings. The van der Waals surface area contributed by atoms with Gasteiger partial charge in [-0.1, -0.05) is 0 Å². The second-order valence-corrected chi connectivity index (χ2v) is 1.99. The minimum absolute atomic E-state index is 0.368. The number of hydrogen-bond donors (Lipinski definition) is 2. The van der Waals surface area contributed by atoms with Gasteiger partial charge in [-0.3, -0.25) is 0 Å². The molecule has 2 N–H and O–H groups in total. The van der Waals surface area contributed by atoms with Crippen LogP contribution in [0.3, 0.4) is 0 Å². The summed E-state index contributed by atoms with van der Waals surface area (Å²) in [7, 11) is -0.958. The van der Waals surface area contributed by atoms with Crippen LogP contribution < -0.4 is 0 Å². The zero-order valence-electron chi connectivity index (χ0n) is 6.80. The van der Waals surface area contributed by atoms with E-state index < -0.39 is 12.9 Å². The van der Waals surface area contributed by atoms with Gasteiger partial charge in [0.1, 0.15) is 18.7 Å². The highest BCUT2D eigenvalue weighted by Gasteiger charge is 2.34. The molecule has 0 aliphatic rings. The van der Waals surface area contributed by atoms with Crippen molar-refractivity contribution in [3.8, 4) is 12.1 Å². The van der Waals surface area contributed by atoms with Gasteiger partial charge < -0.3 is 14.8 Å². The van der Waals surface area contributed by atoms with Crippen LogP contribution in [-0.2, 0) is 14.4 Å². The maximum Gasteiger partial charge on any atom is 0.662 e. The molecule has 0 heterocycles. The molecular formula is C5H7BN2O5. The molecule has 0 aromatic heterocycles. The van der Waals surface area contributed by atoms with Gasteiger partial charge in [-0.2, -0.15) is 10.5 Å². The molecular weight excluding hydrogens is 179 g/mol. The summed E-state index contributed by atoms with van der Waals surface area (Å²) in [6, 6.07) is 2.93. The maximum atomic E-state index is 8.50.